The van der Waals surface area contributed by atoms with Gasteiger partial charge >= 0.3 is 5.97 Å². The number of aromatic nitrogens is 2. The molecule has 0 atom stereocenters. The molecule has 2 aromatic heterocycles. The molecule has 98 valence electrons. The van der Waals surface area contributed by atoms with Crippen LogP contribution in [0.25, 0.3) is 6.08 Å². The number of methoxy groups -OCH3 is 1. The molecule has 5 heteroatoms. The van der Waals surface area contributed by atoms with Crippen LogP contribution >= 0.6 is 11.3 Å². The second-order valence-corrected chi connectivity index (χ2v) is 5.64. The highest BCUT2D eigenvalue weighted by Gasteiger charge is 2.19. The molecule has 0 spiro atoms. The second kappa shape index (κ2) is 5.01. The van der Waals surface area contributed by atoms with Crippen molar-refractivity contribution in [2.45, 2.75) is 19.3 Å². The van der Waals surface area contributed by atoms with Crippen molar-refractivity contribution in [3.8, 4) is 0 Å². The van der Waals surface area contributed by atoms with Crippen molar-refractivity contribution < 1.29 is 9.53 Å². The predicted octanol–water partition coefficient (Wildman–Crippen LogP) is 2.56. The highest BCUT2D eigenvalue weighted by Crippen LogP contribution is 2.32. The van der Waals surface area contributed by atoms with Crippen molar-refractivity contribution in [2.75, 3.05) is 7.11 Å². The molecule has 0 saturated carbocycles. The highest BCUT2D eigenvalue weighted by molar-refractivity contribution is 7.13. The van der Waals surface area contributed by atoms with Crippen LogP contribution < -0.4 is 0 Å². The van der Waals surface area contributed by atoms with E-state index in [1.165, 1.54) is 22.4 Å². The molecule has 4 nitrogen and oxygen atoms in total. The van der Waals surface area contributed by atoms with Gasteiger partial charge in [0.15, 0.2) is 0 Å². The summed E-state index contributed by atoms with van der Waals surface area (Å²) in [5, 5.41) is 0. The number of aryl methyl sites for hydroxylation is 1. The first-order valence-electron chi connectivity index (χ1n) is 6.15. The Morgan fingerprint density at radius 1 is 1.53 bits per heavy atom. The zero-order valence-electron chi connectivity index (χ0n) is 10.6. The van der Waals surface area contributed by atoms with E-state index in [1.807, 2.05) is 12.3 Å². The van der Waals surface area contributed by atoms with E-state index in [0.717, 1.165) is 30.7 Å². The van der Waals surface area contributed by atoms with Gasteiger partial charge in [0.1, 0.15) is 5.82 Å². The van der Waals surface area contributed by atoms with Gasteiger partial charge in [-0.05, 0) is 30.5 Å². The van der Waals surface area contributed by atoms with Gasteiger partial charge < -0.3 is 9.72 Å². The number of fused-ring (bicyclic) bond motifs is 1. The van der Waals surface area contributed by atoms with Crippen LogP contribution in [0.4, 0.5) is 0 Å². The Morgan fingerprint density at radius 3 is 3.16 bits per heavy atom. The van der Waals surface area contributed by atoms with Crippen LogP contribution in [0.5, 0.6) is 0 Å². The molecule has 0 fully saturated rings. The molecule has 2 heterocycles. The Hall–Kier alpha value is -1.88. The summed E-state index contributed by atoms with van der Waals surface area (Å²) in [6.45, 7) is 0. The molecule has 1 N–H and O–H groups in total. The molecule has 1 aliphatic carbocycles. The lowest BCUT2D eigenvalue weighted by Gasteiger charge is -2.10. The molecule has 0 unspecified atom stereocenters. The van der Waals surface area contributed by atoms with E-state index in [4.69, 9.17) is 4.74 Å². The molecular formula is C14H14N2O2S. The summed E-state index contributed by atoms with van der Waals surface area (Å²) in [5.41, 5.74) is 2.08. The predicted molar refractivity (Wildman–Crippen MR) is 74.0 cm³/mol. The monoisotopic (exact) mass is 274 g/mol. The van der Waals surface area contributed by atoms with E-state index in [9.17, 15) is 4.79 Å². The lowest BCUT2D eigenvalue weighted by Crippen LogP contribution is -2.08. The second-order valence-electron chi connectivity index (χ2n) is 4.48. The number of nitrogens with one attached hydrogen (secondary N) is 1. The normalized spacial score (nSPS) is 13.8. The maximum Gasteiger partial charge on any atom is 0.333 e. The van der Waals surface area contributed by atoms with Gasteiger partial charge in [0.05, 0.1) is 7.11 Å². The molecule has 0 aromatic carbocycles. The number of rotatable bonds is 3. The van der Waals surface area contributed by atoms with Crippen LogP contribution in [0.3, 0.4) is 0 Å². The van der Waals surface area contributed by atoms with Gasteiger partial charge in [-0.2, -0.15) is 0 Å². The highest BCUT2D eigenvalue weighted by atomic mass is 32.1. The molecule has 0 radical (unpaired) electrons. The van der Waals surface area contributed by atoms with E-state index in [2.05, 4.69) is 16.0 Å². The van der Waals surface area contributed by atoms with Crippen molar-refractivity contribution >= 4 is 23.4 Å². The van der Waals surface area contributed by atoms with Gasteiger partial charge in [-0.15, -0.1) is 11.3 Å². The Morgan fingerprint density at radius 2 is 2.42 bits per heavy atom. The minimum atomic E-state index is -0.216. The first-order valence-corrected chi connectivity index (χ1v) is 6.96. The lowest BCUT2D eigenvalue weighted by molar-refractivity contribution is -0.136. The molecule has 0 aliphatic heterocycles. The molecule has 0 amide bonds. The van der Waals surface area contributed by atoms with E-state index < -0.39 is 0 Å². The van der Waals surface area contributed by atoms with Crippen molar-refractivity contribution in [2.24, 2.45) is 0 Å². The van der Waals surface area contributed by atoms with Crippen molar-refractivity contribution in [1.82, 2.24) is 9.97 Å². The number of nitrogens with zero attached hydrogens (tertiary/aromatic N) is 1. The summed E-state index contributed by atoms with van der Waals surface area (Å²) in [6.07, 6.45) is 8.03. The average molecular weight is 274 g/mol. The third-order valence-corrected chi connectivity index (χ3v) is 4.33. The number of hydrogen-bond donors (Lipinski definition) is 1. The van der Waals surface area contributed by atoms with E-state index >= 15 is 0 Å². The van der Waals surface area contributed by atoms with Crippen molar-refractivity contribution in [3.05, 3.63) is 45.2 Å². The van der Waals surface area contributed by atoms with Gasteiger partial charge in [0.2, 0.25) is 0 Å². The third kappa shape index (κ3) is 2.46. The summed E-state index contributed by atoms with van der Waals surface area (Å²) in [4.78, 5) is 21.3. The molecule has 0 saturated heterocycles. The Labute approximate surface area is 115 Å². The largest absolute Gasteiger partial charge is 0.466 e. The molecule has 2 aromatic rings. The average Bonchev–Trinajstić information content (AvgIpc) is 3.05. The molecule has 3 rings (SSSR count). The number of aromatic amines is 1. The molecule has 19 heavy (non-hydrogen) atoms. The maximum absolute atomic E-state index is 11.5. The summed E-state index contributed by atoms with van der Waals surface area (Å²) in [5.74, 6) is 0.752. The zero-order valence-corrected chi connectivity index (χ0v) is 11.4. The van der Waals surface area contributed by atoms with Crippen LogP contribution in [0.1, 0.15) is 27.6 Å². The van der Waals surface area contributed by atoms with Crippen LogP contribution in [0.2, 0.25) is 0 Å². The molecular weight excluding hydrogens is 260 g/mol. The standard InChI is InChI=1S/C14H14N2O2S/c1-18-14(17)10-3-2-9-6-11(19-12(9)7-10)8-13-15-4-5-16-13/h4-7H,2-3,8H2,1H3,(H,15,16). The third-order valence-electron chi connectivity index (χ3n) is 3.21. The molecule has 0 bridgehead atoms. The lowest BCUT2D eigenvalue weighted by atomic mass is 9.98. The number of thiophene rings is 1. The number of carbonyl (C=O) groups excluding carboxylic acids is 1. The first kappa shape index (κ1) is 12.2. The Kier molecular flexibility index (Phi) is 3.21. The SMILES string of the molecule is COC(=O)C1=Cc2sc(Cc3ncc[nH]3)cc2CC1. The fourth-order valence-electron chi connectivity index (χ4n) is 2.26. The fourth-order valence-corrected chi connectivity index (χ4v) is 3.44. The summed E-state index contributed by atoms with van der Waals surface area (Å²) in [7, 11) is 1.43. The summed E-state index contributed by atoms with van der Waals surface area (Å²) >= 11 is 1.72. The smallest absolute Gasteiger partial charge is 0.333 e. The van der Waals surface area contributed by atoms with Gasteiger partial charge in [0.25, 0.3) is 0 Å². The van der Waals surface area contributed by atoms with Crippen LogP contribution in [0, 0.1) is 0 Å². The maximum atomic E-state index is 11.5. The minimum Gasteiger partial charge on any atom is -0.466 e. The van der Waals surface area contributed by atoms with E-state index in [1.54, 1.807) is 17.5 Å². The van der Waals surface area contributed by atoms with E-state index in [-0.39, 0.29) is 5.97 Å². The van der Waals surface area contributed by atoms with Crippen molar-refractivity contribution in [1.29, 1.82) is 0 Å². The van der Waals surface area contributed by atoms with Gasteiger partial charge in [-0.3, -0.25) is 0 Å². The fraction of sp³-hybridized carbons (Fsp3) is 0.286. The van der Waals surface area contributed by atoms with Crippen LogP contribution in [-0.4, -0.2) is 23.0 Å². The number of H-pyrrole nitrogens is 1. The summed E-state index contributed by atoms with van der Waals surface area (Å²) < 4.78 is 4.78. The number of carbonyl (C=O) groups is 1. The van der Waals surface area contributed by atoms with E-state index in [0.29, 0.717) is 0 Å². The molecule has 1 aliphatic rings. The summed E-state index contributed by atoms with van der Waals surface area (Å²) in [6, 6.07) is 2.22. The zero-order chi connectivity index (χ0) is 13.2. The van der Waals surface area contributed by atoms with Crippen LogP contribution in [-0.2, 0) is 22.4 Å². The quantitative estimate of drug-likeness (QED) is 0.875. The van der Waals surface area contributed by atoms with Gasteiger partial charge in [-0.25, -0.2) is 9.78 Å². The van der Waals surface area contributed by atoms with Gasteiger partial charge in [0, 0.05) is 34.1 Å². The number of imidazole rings is 1. The number of hydrogen-bond acceptors (Lipinski definition) is 4. The topological polar surface area (TPSA) is 55.0 Å². The number of esters is 1. The number of ether oxygens (including phenoxy) is 1. The minimum absolute atomic E-state index is 0.216. The van der Waals surface area contributed by atoms with Gasteiger partial charge in [-0.1, -0.05) is 0 Å². The van der Waals surface area contributed by atoms with Crippen LogP contribution in [0.15, 0.2) is 24.0 Å². The van der Waals surface area contributed by atoms with Crippen molar-refractivity contribution in [3.63, 3.8) is 0 Å². The Bertz CT molecular complexity index is 626. The first-order chi connectivity index (χ1) is 9.26. The Balaban J connectivity index is 1.84.